The predicted molar refractivity (Wildman–Crippen MR) is 145 cm³/mol. The van der Waals surface area contributed by atoms with Crippen LogP contribution >= 0.6 is 27.7 Å². The molecule has 0 spiro atoms. The van der Waals surface area contributed by atoms with Gasteiger partial charge in [0.05, 0.1) is 16.3 Å². The Morgan fingerprint density at radius 2 is 1.69 bits per heavy atom. The summed E-state index contributed by atoms with van der Waals surface area (Å²) in [6, 6.07) is 27.7. The van der Waals surface area contributed by atoms with Gasteiger partial charge in [0.2, 0.25) is 10.0 Å². The first kappa shape index (κ1) is 24.5. The highest BCUT2D eigenvalue weighted by atomic mass is 79.9. The Morgan fingerprint density at radius 1 is 0.917 bits per heavy atom. The van der Waals surface area contributed by atoms with Crippen molar-refractivity contribution in [3.63, 3.8) is 0 Å². The quantitative estimate of drug-likeness (QED) is 0.281. The molecule has 0 aliphatic carbocycles. The summed E-state index contributed by atoms with van der Waals surface area (Å²) < 4.78 is 23.8. The molecule has 3 N–H and O–H groups in total. The number of halogens is 1. The Morgan fingerprint density at radius 3 is 2.44 bits per heavy atom. The zero-order valence-corrected chi connectivity index (χ0v) is 22.0. The van der Waals surface area contributed by atoms with Crippen molar-refractivity contribution in [2.45, 2.75) is 21.2 Å². The van der Waals surface area contributed by atoms with Crippen LogP contribution in [0.3, 0.4) is 0 Å². The van der Waals surface area contributed by atoms with Gasteiger partial charge < -0.3 is 5.32 Å². The molecule has 0 unspecified atom stereocenters. The van der Waals surface area contributed by atoms with Gasteiger partial charge in [0.1, 0.15) is 0 Å². The number of carbonyl (C=O) groups is 1. The van der Waals surface area contributed by atoms with Crippen molar-refractivity contribution in [1.82, 2.24) is 5.32 Å². The SMILES string of the molecule is NS(=O)(=O)c1ccc(CNC(=O)c2ccc3c(c2)N=C(c2cccc(Br)c2)c2ccccc2S3)cc1. The lowest BCUT2D eigenvalue weighted by Crippen LogP contribution is -2.22. The molecular formula is C27H20BrN3O3S2. The Balaban J connectivity index is 1.44. The molecule has 180 valence electrons. The second-order valence-corrected chi connectivity index (χ2v) is 11.7. The minimum atomic E-state index is -3.76. The maximum absolute atomic E-state index is 12.9. The molecule has 0 bridgehead atoms. The fourth-order valence-corrected chi connectivity index (χ4v) is 5.74. The van der Waals surface area contributed by atoms with Crippen LogP contribution in [0.1, 0.15) is 27.0 Å². The van der Waals surface area contributed by atoms with Crippen LogP contribution in [-0.4, -0.2) is 20.0 Å². The molecule has 4 aromatic carbocycles. The number of benzene rings is 4. The molecule has 9 heteroatoms. The maximum atomic E-state index is 12.9. The first-order valence-electron chi connectivity index (χ1n) is 10.9. The summed E-state index contributed by atoms with van der Waals surface area (Å²) in [4.78, 5) is 20.0. The molecule has 1 heterocycles. The van der Waals surface area contributed by atoms with E-state index in [-0.39, 0.29) is 17.3 Å². The van der Waals surface area contributed by atoms with Crippen LogP contribution in [-0.2, 0) is 16.6 Å². The number of aliphatic imine (C=N–C) groups is 1. The first-order valence-corrected chi connectivity index (χ1v) is 14.1. The van der Waals surface area contributed by atoms with Gasteiger partial charge in [-0.05, 0) is 54.1 Å². The van der Waals surface area contributed by atoms with E-state index in [1.165, 1.54) is 12.1 Å². The van der Waals surface area contributed by atoms with Crippen molar-refractivity contribution in [3.05, 3.63) is 118 Å². The Labute approximate surface area is 221 Å². The van der Waals surface area contributed by atoms with Crippen molar-refractivity contribution >= 4 is 55.0 Å². The van der Waals surface area contributed by atoms with Gasteiger partial charge in [-0.25, -0.2) is 18.5 Å². The van der Waals surface area contributed by atoms with Crippen molar-refractivity contribution in [2.75, 3.05) is 0 Å². The number of carbonyl (C=O) groups excluding carboxylic acids is 1. The van der Waals surface area contributed by atoms with Crippen molar-refractivity contribution in [3.8, 4) is 0 Å². The number of hydrogen-bond acceptors (Lipinski definition) is 5. The molecule has 6 nitrogen and oxygen atoms in total. The van der Waals surface area contributed by atoms with Crippen LogP contribution in [0, 0.1) is 0 Å². The van der Waals surface area contributed by atoms with Crippen LogP contribution in [0.4, 0.5) is 5.69 Å². The van der Waals surface area contributed by atoms with E-state index in [0.29, 0.717) is 5.56 Å². The van der Waals surface area contributed by atoms with Crippen LogP contribution in [0.25, 0.3) is 0 Å². The van der Waals surface area contributed by atoms with E-state index < -0.39 is 10.0 Å². The maximum Gasteiger partial charge on any atom is 0.251 e. The number of amides is 1. The van der Waals surface area contributed by atoms with Crippen LogP contribution in [0.5, 0.6) is 0 Å². The molecule has 0 saturated carbocycles. The summed E-state index contributed by atoms with van der Waals surface area (Å²) in [5, 5.41) is 8.02. The highest BCUT2D eigenvalue weighted by molar-refractivity contribution is 9.10. The smallest absolute Gasteiger partial charge is 0.251 e. The van der Waals surface area contributed by atoms with Gasteiger partial charge in [0.25, 0.3) is 5.91 Å². The number of sulfonamides is 1. The van der Waals surface area contributed by atoms with E-state index in [9.17, 15) is 13.2 Å². The number of hydrogen-bond donors (Lipinski definition) is 2. The first-order chi connectivity index (χ1) is 17.3. The Bertz CT molecular complexity index is 1620. The lowest BCUT2D eigenvalue weighted by molar-refractivity contribution is 0.0951. The number of primary sulfonamides is 1. The van der Waals surface area contributed by atoms with Gasteiger partial charge in [0, 0.05) is 37.5 Å². The summed E-state index contributed by atoms with van der Waals surface area (Å²) >= 11 is 5.17. The van der Waals surface area contributed by atoms with Crippen molar-refractivity contribution in [2.24, 2.45) is 10.1 Å². The van der Waals surface area contributed by atoms with Crippen molar-refractivity contribution < 1.29 is 13.2 Å². The monoisotopic (exact) mass is 577 g/mol. The number of nitrogens with zero attached hydrogens (tertiary/aromatic N) is 1. The minimum Gasteiger partial charge on any atom is -0.348 e. The second kappa shape index (κ2) is 10.0. The second-order valence-electron chi connectivity index (χ2n) is 8.12. The molecule has 0 atom stereocenters. The molecule has 0 radical (unpaired) electrons. The molecule has 0 aromatic heterocycles. The average Bonchev–Trinajstić information content (AvgIpc) is 3.03. The third-order valence-electron chi connectivity index (χ3n) is 5.62. The van der Waals surface area contributed by atoms with E-state index in [1.54, 1.807) is 36.0 Å². The summed E-state index contributed by atoms with van der Waals surface area (Å²) in [7, 11) is -3.76. The van der Waals surface area contributed by atoms with Crippen LogP contribution in [0.15, 0.2) is 115 Å². The normalized spacial score (nSPS) is 12.7. The van der Waals surface area contributed by atoms with E-state index in [0.717, 1.165) is 42.4 Å². The molecule has 0 saturated heterocycles. The van der Waals surface area contributed by atoms with Gasteiger partial charge in [-0.1, -0.05) is 70.2 Å². The van der Waals surface area contributed by atoms with Gasteiger partial charge in [0.15, 0.2) is 0 Å². The van der Waals surface area contributed by atoms with Gasteiger partial charge in [-0.15, -0.1) is 0 Å². The zero-order chi connectivity index (χ0) is 25.3. The van der Waals surface area contributed by atoms with E-state index >= 15 is 0 Å². The standard InChI is InChI=1S/C27H20BrN3O3S2/c28-20-5-3-4-18(14-20)26-22-6-1-2-7-24(22)35-25-13-10-19(15-23(25)31-26)27(32)30-16-17-8-11-21(12-9-17)36(29,33)34/h1-15H,16H2,(H,30,32)(H2,29,33,34). The predicted octanol–water partition coefficient (Wildman–Crippen LogP) is 5.66. The number of nitrogens with two attached hydrogens (primary N) is 1. The van der Waals surface area contributed by atoms with Gasteiger partial charge in [-0.2, -0.15) is 0 Å². The fraction of sp³-hybridized carbons (Fsp3) is 0.0370. The molecule has 1 aliphatic heterocycles. The van der Waals surface area contributed by atoms with Crippen molar-refractivity contribution in [1.29, 1.82) is 0 Å². The highest BCUT2D eigenvalue weighted by Gasteiger charge is 2.20. The van der Waals surface area contributed by atoms with E-state index in [4.69, 9.17) is 10.1 Å². The molecular weight excluding hydrogens is 558 g/mol. The molecule has 0 fully saturated rings. The highest BCUT2D eigenvalue weighted by Crippen LogP contribution is 2.41. The van der Waals surface area contributed by atoms with Crippen LogP contribution in [0.2, 0.25) is 0 Å². The van der Waals surface area contributed by atoms with E-state index in [1.807, 2.05) is 42.5 Å². The lowest BCUT2D eigenvalue weighted by Gasteiger charge is -2.09. The third-order valence-corrected chi connectivity index (χ3v) is 8.18. The molecule has 1 aliphatic rings. The van der Waals surface area contributed by atoms with Gasteiger partial charge >= 0.3 is 0 Å². The third kappa shape index (κ3) is 5.29. The summed E-state index contributed by atoms with van der Waals surface area (Å²) in [5.74, 6) is -0.251. The number of nitrogens with one attached hydrogen (secondary N) is 1. The van der Waals surface area contributed by atoms with Crippen LogP contribution < -0.4 is 10.5 Å². The average molecular weight is 579 g/mol. The topological polar surface area (TPSA) is 102 Å². The summed E-state index contributed by atoms with van der Waals surface area (Å²) in [6.45, 7) is 0.244. The molecule has 4 aromatic rings. The minimum absolute atomic E-state index is 0.0286. The van der Waals surface area contributed by atoms with Gasteiger partial charge in [-0.3, -0.25) is 4.79 Å². The Kier molecular flexibility index (Phi) is 6.81. The Hall–Kier alpha value is -3.24. The zero-order valence-electron chi connectivity index (χ0n) is 18.8. The summed E-state index contributed by atoms with van der Waals surface area (Å²) in [5.41, 5.74) is 4.81. The van der Waals surface area contributed by atoms with E-state index in [2.05, 4.69) is 33.4 Å². The fourth-order valence-electron chi connectivity index (χ4n) is 3.82. The molecule has 1 amide bonds. The molecule has 36 heavy (non-hydrogen) atoms. The number of fused-ring (bicyclic) bond motifs is 2. The largest absolute Gasteiger partial charge is 0.348 e. The molecule has 5 rings (SSSR count). The summed E-state index contributed by atoms with van der Waals surface area (Å²) in [6.07, 6.45) is 0. The lowest BCUT2D eigenvalue weighted by atomic mass is 10.0. The number of rotatable bonds is 5.